The number of aromatic nitrogens is 2. The van der Waals surface area contributed by atoms with Gasteiger partial charge in [0.25, 0.3) is 0 Å². The normalized spacial score (nSPS) is 11.5. The van der Waals surface area contributed by atoms with E-state index in [4.69, 9.17) is 0 Å². The number of hydrogen-bond donors (Lipinski definition) is 0. The summed E-state index contributed by atoms with van der Waals surface area (Å²) in [6.07, 6.45) is 0. The van der Waals surface area contributed by atoms with Gasteiger partial charge in [-0.3, -0.25) is 0 Å². The molecule has 376 valence electrons. The zero-order chi connectivity index (χ0) is 52.9. The molecule has 0 unspecified atom stereocenters. The molecule has 0 aliphatic carbocycles. The molecule has 13 aromatic carbocycles. The highest BCUT2D eigenvalue weighted by atomic mass is 15.2. The molecule has 0 bridgehead atoms. The highest BCUT2D eigenvalue weighted by Crippen LogP contribution is 2.46. The molecule has 0 saturated heterocycles. The Labute approximate surface area is 465 Å². The van der Waals surface area contributed by atoms with Crippen LogP contribution in [0.25, 0.3) is 99.1 Å². The third-order valence-electron chi connectivity index (χ3n) is 15.9. The molecule has 0 N–H and O–H groups in total. The number of rotatable bonds is 11. The molecule has 15 aromatic rings. The summed E-state index contributed by atoms with van der Waals surface area (Å²) in [6.45, 7) is 0. The summed E-state index contributed by atoms with van der Waals surface area (Å²) >= 11 is 0. The van der Waals surface area contributed by atoms with Gasteiger partial charge in [-0.15, -0.1) is 0 Å². The standard InChI is InChI=1S/C76H52N4/c1-5-21-53(22-6-1)56-25-17-31-61(49-56)77(63-45-47-75-70(51-63)68-33-13-15-38-73(68)79(75)58-27-9-3-10-28-58)60-43-41-55(42-44-60)65-35-19-37-67-66(65)36-20-40-72(67)78(62-32-18-26-57(50-62)54-23-7-2-8-24-54)64-46-48-76-71(52-64)69-34-14-16-39-74(69)80(76)59-29-11-4-12-30-59/h1-52H. The molecule has 0 spiro atoms. The van der Waals surface area contributed by atoms with Gasteiger partial charge in [-0.2, -0.15) is 0 Å². The molecule has 0 saturated carbocycles. The van der Waals surface area contributed by atoms with Crippen molar-refractivity contribution in [2.45, 2.75) is 0 Å². The van der Waals surface area contributed by atoms with Crippen LogP contribution in [0.5, 0.6) is 0 Å². The lowest BCUT2D eigenvalue weighted by atomic mass is 9.96. The van der Waals surface area contributed by atoms with Gasteiger partial charge in [-0.05, 0) is 154 Å². The fourth-order valence-corrected chi connectivity index (χ4v) is 12.2. The Bertz CT molecular complexity index is 4750. The van der Waals surface area contributed by atoms with E-state index in [-0.39, 0.29) is 0 Å². The maximum Gasteiger partial charge on any atom is 0.0542 e. The van der Waals surface area contributed by atoms with Crippen LogP contribution in [-0.2, 0) is 0 Å². The van der Waals surface area contributed by atoms with Gasteiger partial charge in [0, 0.05) is 66.7 Å². The van der Waals surface area contributed by atoms with Gasteiger partial charge in [0.1, 0.15) is 0 Å². The molecule has 15 rings (SSSR count). The molecule has 2 aromatic heterocycles. The van der Waals surface area contributed by atoms with Crippen molar-refractivity contribution < 1.29 is 0 Å². The minimum absolute atomic E-state index is 1.07. The quantitative estimate of drug-likeness (QED) is 0.128. The lowest BCUT2D eigenvalue weighted by molar-refractivity contribution is 1.18. The number of anilines is 6. The van der Waals surface area contributed by atoms with E-state index in [9.17, 15) is 0 Å². The second-order valence-electron chi connectivity index (χ2n) is 20.5. The molecule has 0 amide bonds. The summed E-state index contributed by atoms with van der Waals surface area (Å²) in [5.41, 5.74) is 20.5. The molecular weight excluding hydrogens is 969 g/mol. The molecule has 80 heavy (non-hydrogen) atoms. The summed E-state index contributed by atoms with van der Waals surface area (Å²) in [6, 6.07) is 115. The Kier molecular flexibility index (Phi) is 11.5. The molecule has 4 heteroatoms. The number of para-hydroxylation sites is 4. The van der Waals surface area contributed by atoms with Gasteiger partial charge < -0.3 is 18.9 Å². The SMILES string of the molecule is c1ccc(-c2cccc(N(c3ccc(-c4cccc5c(N(c6cccc(-c7ccccc7)c6)c6ccc7c(c6)c6ccccc6n7-c6ccccc6)cccc45)cc3)c3ccc4c(c3)c3ccccc3n4-c3ccccc3)c2)cc1. The van der Waals surface area contributed by atoms with Crippen LogP contribution in [0.1, 0.15) is 0 Å². The third-order valence-corrected chi connectivity index (χ3v) is 15.9. The zero-order valence-corrected chi connectivity index (χ0v) is 43.8. The fourth-order valence-electron chi connectivity index (χ4n) is 12.2. The molecule has 0 aliphatic rings. The summed E-state index contributed by atoms with van der Waals surface area (Å²) in [5, 5.41) is 7.18. The minimum Gasteiger partial charge on any atom is -0.310 e. The number of fused-ring (bicyclic) bond motifs is 7. The van der Waals surface area contributed by atoms with Crippen molar-refractivity contribution in [1.82, 2.24) is 9.13 Å². The van der Waals surface area contributed by atoms with Gasteiger partial charge in [0.05, 0.1) is 27.8 Å². The van der Waals surface area contributed by atoms with Crippen molar-refractivity contribution >= 4 is 88.5 Å². The first-order valence-corrected chi connectivity index (χ1v) is 27.4. The summed E-state index contributed by atoms with van der Waals surface area (Å²) in [4.78, 5) is 4.85. The van der Waals surface area contributed by atoms with Gasteiger partial charge in [-0.1, -0.05) is 200 Å². The average Bonchev–Trinajstić information content (AvgIpc) is 4.27. The highest BCUT2D eigenvalue weighted by Gasteiger charge is 2.22. The van der Waals surface area contributed by atoms with Crippen LogP contribution in [0, 0.1) is 0 Å². The van der Waals surface area contributed by atoms with E-state index in [1.54, 1.807) is 0 Å². The predicted molar refractivity (Wildman–Crippen MR) is 338 cm³/mol. The molecule has 4 nitrogen and oxygen atoms in total. The molecule has 0 atom stereocenters. The van der Waals surface area contributed by atoms with Crippen LogP contribution >= 0.6 is 0 Å². The van der Waals surface area contributed by atoms with Crippen molar-refractivity contribution in [3.05, 3.63) is 315 Å². The van der Waals surface area contributed by atoms with E-state index in [0.717, 1.165) is 67.6 Å². The molecule has 0 radical (unpaired) electrons. The van der Waals surface area contributed by atoms with Gasteiger partial charge >= 0.3 is 0 Å². The summed E-state index contributed by atoms with van der Waals surface area (Å²) in [5.74, 6) is 0. The number of hydrogen-bond acceptors (Lipinski definition) is 2. The van der Waals surface area contributed by atoms with E-state index in [1.807, 2.05) is 0 Å². The first-order chi connectivity index (χ1) is 39.7. The number of nitrogens with zero attached hydrogens (tertiary/aromatic N) is 4. The molecular formula is C76H52N4. The Hall–Kier alpha value is -10.7. The van der Waals surface area contributed by atoms with Crippen LogP contribution in [0.3, 0.4) is 0 Å². The van der Waals surface area contributed by atoms with E-state index in [2.05, 4.69) is 334 Å². The second kappa shape index (κ2) is 19.7. The maximum atomic E-state index is 2.45. The largest absolute Gasteiger partial charge is 0.310 e. The van der Waals surface area contributed by atoms with Crippen molar-refractivity contribution in [1.29, 1.82) is 0 Å². The first-order valence-electron chi connectivity index (χ1n) is 27.4. The average molecular weight is 1020 g/mol. The Morgan fingerprint density at radius 1 is 0.200 bits per heavy atom. The van der Waals surface area contributed by atoms with Crippen LogP contribution in [0.4, 0.5) is 34.1 Å². The van der Waals surface area contributed by atoms with Crippen molar-refractivity contribution in [3.8, 4) is 44.8 Å². The van der Waals surface area contributed by atoms with E-state index < -0.39 is 0 Å². The molecule has 2 heterocycles. The lowest BCUT2D eigenvalue weighted by Gasteiger charge is -2.28. The third kappa shape index (κ3) is 8.09. The Morgan fingerprint density at radius 2 is 0.588 bits per heavy atom. The van der Waals surface area contributed by atoms with Crippen molar-refractivity contribution in [2.75, 3.05) is 9.80 Å². The molecule has 0 aliphatic heterocycles. The van der Waals surface area contributed by atoms with Gasteiger partial charge in [-0.25, -0.2) is 0 Å². The van der Waals surface area contributed by atoms with Crippen LogP contribution < -0.4 is 9.80 Å². The Morgan fingerprint density at radius 3 is 1.14 bits per heavy atom. The maximum absolute atomic E-state index is 2.45. The minimum atomic E-state index is 1.07. The predicted octanol–water partition coefficient (Wildman–Crippen LogP) is 21.0. The second-order valence-corrected chi connectivity index (χ2v) is 20.5. The smallest absolute Gasteiger partial charge is 0.0542 e. The van der Waals surface area contributed by atoms with Crippen LogP contribution in [-0.4, -0.2) is 9.13 Å². The van der Waals surface area contributed by atoms with Gasteiger partial charge in [0.2, 0.25) is 0 Å². The number of benzene rings is 13. The lowest BCUT2D eigenvalue weighted by Crippen LogP contribution is -2.11. The summed E-state index contributed by atoms with van der Waals surface area (Å²) in [7, 11) is 0. The monoisotopic (exact) mass is 1020 g/mol. The zero-order valence-electron chi connectivity index (χ0n) is 43.8. The first kappa shape index (κ1) is 46.6. The fraction of sp³-hybridized carbons (Fsp3) is 0. The van der Waals surface area contributed by atoms with Crippen molar-refractivity contribution in [3.63, 3.8) is 0 Å². The topological polar surface area (TPSA) is 16.3 Å². The van der Waals surface area contributed by atoms with Crippen LogP contribution in [0.15, 0.2) is 315 Å². The van der Waals surface area contributed by atoms with Gasteiger partial charge in [0.15, 0.2) is 0 Å². The molecule has 0 fully saturated rings. The van der Waals surface area contributed by atoms with E-state index in [0.29, 0.717) is 0 Å². The summed E-state index contributed by atoms with van der Waals surface area (Å²) < 4.78 is 4.76. The highest BCUT2D eigenvalue weighted by molar-refractivity contribution is 6.13. The van der Waals surface area contributed by atoms with Crippen LogP contribution in [0.2, 0.25) is 0 Å². The Balaban J connectivity index is 0.870. The van der Waals surface area contributed by atoms with E-state index in [1.165, 1.54) is 65.7 Å². The van der Waals surface area contributed by atoms with Crippen molar-refractivity contribution in [2.24, 2.45) is 0 Å². The van der Waals surface area contributed by atoms with E-state index >= 15 is 0 Å².